The van der Waals surface area contributed by atoms with Crippen LogP contribution in [0.4, 0.5) is 0 Å². The molecule has 13 heavy (non-hydrogen) atoms. The minimum atomic E-state index is 0.674. The smallest absolute Gasteiger partial charge is 0.0292 e. The van der Waals surface area contributed by atoms with E-state index >= 15 is 0 Å². The monoisotopic (exact) mass is 178 g/mol. The van der Waals surface area contributed by atoms with E-state index in [0.29, 0.717) is 5.41 Å². The van der Waals surface area contributed by atoms with Crippen LogP contribution in [0.5, 0.6) is 0 Å². The van der Waals surface area contributed by atoms with Crippen LogP contribution in [0.15, 0.2) is 0 Å². The predicted molar refractivity (Wildman–Crippen MR) is 55.4 cm³/mol. The Morgan fingerprint density at radius 1 is 0.923 bits per heavy atom. The number of hydrogen-bond acceptors (Lipinski definition) is 0. The molecule has 0 radical (unpaired) electrons. The molecule has 0 saturated heterocycles. The van der Waals surface area contributed by atoms with Crippen molar-refractivity contribution in [2.24, 2.45) is 28.6 Å². The standard InChI is InChI=1S/C13H22/c1-12(2)6-4-7-13(3)8-5-9-10(12)11(9)13/h9-11H,4-8H2,1-3H3. The first-order chi connectivity index (χ1) is 6.05. The Kier molecular flexibility index (Phi) is 1.37. The van der Waals surface area contributed by atoms with E-state index in [0.717, 1.165) is 23.2 Å². The van der Waals surface area contributed by atoms with Crippen LogP contribution in [0.1, 0.15) is 52.9 Å². The molecule has 3 rings (SSSR count). The molecular weight excluding hydrogens is 156 g/mol. The fourth-order valence-electron chi connectivity index (χ4n) is 4.82. The van der Waals surface area contributed by atoms with E-state index in [1.54, 1.807) is 6.42 Å². The number of hydrogen-bond donors (Lipinski definition) is 0. The van der Waals surface area contributed by atoms with Crippen LogP contribution >= 0.6 is 0 Å². The van der Waals surface area contributed by atoms with Crippen LogP contribution in [0.25, 0.3) is 0 Å². The Bertz CT molecular complexity index is 236. The molecule has 3 saturated carbocycles. The van der Waals surface area contributed by atoms with Crippen molar-refractivity contribution >= 4 is 0 Å². The molecule has 0 aliphatic heterocycles. The summed E-state index contributed by atoms with van der Waals surface area (Å²) in [6.07, 6.45) is 7.59. The van der Waals surface area contributed by atoms with E-state index in [9.17, 15) is 0 Å². The van der Waals surface area contributed by atoms with Crippen LogP contribution in [-0.2, 0) is 0 Å². The summed E-state index contributed by atoms with van der Waals surface area (Å²) in [6.45, 7) is 7.60. The van der Waals surface area contributed by atoms with Gasteiger partial charge in [0.05, 0.1) is 0 Å². The minimum Gasteiger partial charge on any atom is -0.0596 e. The molecule has 4 unspecified atom stereocenters. The van der Waals surface area contributed by atoms with Crippen molar-refractivity contribution in [3.05, 3.63) is 0 Å². The fourth-order valence-corrected chi connectivity index (χ4v) is 4.82. The molecule has 4 atom stereocenters. The van der Waals surface area contributed by atoms with Gasteiger partial charge in [-0.1, -0.05) is 27.2 Å². The van der Waals surface area contributed by atoms with E-state index in [2.05, 4.69) is 20.8 Å². The van der Waals surface area contributed by atoms with Crippen LogP contribution in [0.3, 0.4) is 0 Å². The summed E-state index contributed by atoms with van der Waals surface area (Å²) in [5.41, 5.74) is 1.44. The molecule has 0 bridgehead atoms. The van der Waals surface area contributed by atoms with Crippen molar-refractivity contribution in [2.45, 2.75) is 52.9 Å². The van der Waals surface area contributed by atoms with Gasteiger partial charge in [0.2, 0.25) is 0 Å². The molecule has 0 aromatic rings. The van der Waals surface area contributed by atoms with Gasteiger partial charge in [0.25, 0.3) is 0 Å². The van der Waals surface area contributed by atoms with Crippen LogP contribution in [-0.4, -0.2) is 0 Å². The summed E-state index contributed by atoms with van der Waals surface area (Å²) in [5, 5.41) is 0. The molecule has 0 aromatic heterocycles. The lowest BCUT2D eigenvalue weighted by atomic mass is 9.78. The summed E-state index contributed by atoms with van der Waals surface area (Å²) in [5.74, 6) is 3.37. The van der Waals surface area contributed by atoms with Crippen molar-refractivity contribution in [1.29, 1.82) is 0 Å². The van der Waals surface area contributed by atoms with Crippen molar-refractivity contribution in [3.8, 4) is 0 Å². The number of rotatable bonds is 0. The fraction of sp³-hybridized carbons (Fsp3) is 1.00. The summed E-state index contributed by atoms with van der Waals surface area (Å²) < 4.78 is 0. The second-order valence-corrected chi connectivity index (χ2v) is 6.75. The van der Waals surface area contributed by atoms with Crippen molar-refractivity contribution in [3.63, 3.8) is 0 Å². The zero-order valence-corrected chi connectivity index (χ0v) is 9.27. The van der Waals surface area contributed by atoms with Gasteiger partial charge in [0.15, 0.2) is 0 Å². The third-order valence-electron chi connectivity index (χ3n) is 5.49. The Morgan fingerprint density at radius 2 is 1.69 bits per heavy atom. The third kappa shape index (κ3) is 0.926. The molecule has 0 heterocycles. The van der Waals surface area contributed by atoms with E-state index in [1.165, 1.54) is 25.7 Å². The van der Waals surface area contributed by atoms with Crippen molar-refractivity contribution < 1.29 is 0 Å². The van der Waals surface area contributed by atoms with Gasteiger partial charge in [-0.2, -0.15) is 0 Å². The lowest BCUT2D eigenvalue weighted by Crippen LogP contribution is -2.19. The average molecular weight is 178 g/mol. The summed E-state index contributed by atoms with van der Waals surface area (Å²) in [7, 11) is 0. The molecule has 0 N–H and O–H groups in total. The average Bonchev–Trinajstić information content (AvgIpc) is 2.68. The lowest BCUT2D eigenvalue weighted by molar-refractivity contribution is 0.219. The molecule has 0 spiro atoms. The number of fused-ring (bicyclic) bond motifs is 1. The van der Waals surface area contributed by atoms with Gasteiger partial charge in [-0.3, -0.25) is 0 Å². The highest BCUT2D eigenvalue weighted by molar-refractivity contribution is 5.16. The zero-order valence-electron chi connectivity index (χ0n) is 9.27. The third-order valence-corrected chi connectivity index (χ3v) is 5.49. The van der Waals surface area contributed by atoms with Crippen LogP contribution in [0.2, 0.25) is 0 Å². The molecular formula is C13H22. The maximum absolute atomic E-state index is 2.57. The highest BCUT2D eigenvalue weighted by Crippen LogP contribution is 2.74. The van der Waals surface area contributed by atoms with Gasteiger partial charge < -0.3 is 0 Å². The lowest BCUT2D eigenvalue weighted by Gasteiger charge is -2.27. The van der Waals surface area contributed by atoms with E-state index in [4.69, 9.17) is 0 Å². The quantitative estimate of drug-likeness (QED) is 0.528. The maximum Gasteiger partial charge on any atom is -0.0292 e. The van der Waals surface area contributed by atoms with Crippen LogP contribution < -0.4 is 0 Å². The first-order valence-electron chi connectivity index (χ1n) is 6.05. The first-order valence-corrected chi connectivity index (χ1v) is 6.05. The topological polar surface area (TPSA) is 0 Å². The van der Waals surface area contributed by atoms with Crippen molar-refractivity contribution in [2.75, 3.05) is 0 Å². The van der Waals surface area contributed by atoms with E-state index < -0.39 is 0 Å². The molecule has 0 aromatic carbocycles. The van der Waals surface area contributed by atoms with Gasteiger partial charge in [0.1, 0.15) is 0 Å². The SMILES string of the molecule is CC1(C)CCCC2(C)CCC3C1C32. The molecule has 0 nitrogen and oxygen atoms in total. The predicted octanol–water partition coefficient (Wildman–Crippen LogP) is 3.86. The van der Waals surface area contributed by atoms with Crippen LogP contribution in [0, 0.1) is 28.6 Å². The van der Waals surface area contributed by atoms with Crippen molar-refractivity contribution in [1.82, 2.24) is 0 Å². The highest BCUT2D eigenvalue weighted by atomic mass is 14.7. The molecule has 0 amide bonds. The van der Waals surface area contributed by atoms with Gasteiger partial charge in [-0.05, 0) is 54.3 Å². The van der Waals surface area contributed by atoms with Gasteiger partial charge in [-0.25, -0.2) is 0 Å². The second-order valence-electron chi connectivity index (χ2n) is 6.75. The molecule has 3 aliphatic carbocycles. The Morgan fingerprint density at radius 3 is 2.46 bits per heavy atom. The Balaban J connectivity index is 1.95. The summed E-state index contributed by atoms with van der Waals surface area (Å²) in [4.78, 5) is 0. The van der Waals surface area contributed by atoms with E-state index in [1.807, 2.05) is 0 Å². The van der Waals surface area contributed by atoms with E-state index in [-0.39, 0.29) is 0 Å². The maximum atomic E-state index is 2.57. The van der Waals surface area contributed by atoms with Gasteiger partial charge >= 0.3 is 0 Å². The molecule has 0 heteroatoms. The molecule has 3 fully saturated rings. The van der Waals surface area contributed by atoms with Gasteiger partial charge in [-0.15, -0.1) is 0 Å². The Labute approximate surface area is 82.1 Å². The summed E-state index contributed by atoms with van der Waals surface area (Å²) in [6, 6.07) is 0. The highest BCUT2D eigenvalue weighted by Gasteiger charge is 2.67. The zero-order chi connectivity index (χ0) is 9.27. The minimum absolute atomic E-state index is 0.674. The summed E-state index contributed by atoms with van der Waals surface area (Å²) >= 11 is 0. The van der Waals surface area contributed by atoms with Gasteiger partial charge in [0, 0.05) is 0 Å². The largest absolute Gasteiger partial charge is 0.0596 e. The normalized spacial score (nSPS) is 57.0. The Hall–Kier alpha value is 0. The first kappa shape index (κ1) is 8.32. The molecule has 74 valence electrons. The molecule has 3 aliphatic rings. The second kappa shape index (κ2) is 2.15.